The van der Waals surface area contributed by atoms with E-state index in [2.05, 4.69) is 15.5 Å². The number of hydrogen-bond acceptors (Lipinski definition) is 5. The van der Waals surface area contributed by atoms with Crippen LogP contribution in [-0.4, -0.2) is 67.9 Å². The number of piperidine rings is 1. The van der Waals surface area contributed by atoms with Crippen molar-refractivity contribution < 1.29 is 19.4 Å². The quantitative estimate of drug-likeness (QED) is 0.595. The molecule has 7 heteroatoms. The number of aliphatic hydroxyl groups is 1. The second-order valence-corrected chi connectivity index (χ2v) is 4.51. The van der Waals surface area contributed by atoms with Crippen molar-refractivity contribution in [2.45, 2.75) is 25.4 Å². The Balaban J connectivity index is 2.12. The Morgan fingerprint density at radius 3 is 2.63 bits per heavy atom. The van der Waals surface area contributed by atoms with E-state index in [4.69, 9.17) is 9.84 Å². The zero-order chi connectivity index (χ0) is 14.1. The van der Waals surface area contributed by atoms with E-state index < -0.39 is 6.03 Å². The Hall–Kier alpha value is -1.18. The number of carbonyl (C=O) groups is 2. The molecule has 0 radical (unpaired) electrons. The van der Waals surface area contributed by atoms with Crippen molar-refractivity contribution >= 4 is 11.9 Å². The standard InChI is InChI=1S/C12H23N3O4/c1-13-12(18)14-11(17)4-7-15-5-2-10(3-6-15)19-9-8-16/h10,16H,2-9H2,1H3,(H2,13,14,17,18). The van der Waals surface area contributed by atoms with Crippen LogP contribution >= 0.6 is 0 Å². The Morgan fingerprint density at radius 1 is 1.37 bits per heavy atom. The normalized spacial score (nSPS) is 17.2. The van der Waals surface area contributed by atoms with Gasteiger partial charge in [-0.15, -0.1) is 0 Å². The molecule has 0 unspecified atom stereocenters. The predicted molar refractivity (Wildman–Crippen MR) is 69.7 cm³/mol. The van der Waals surface area contributed by atoms with Gasteiger partial charge in [-0.05, 0) is 12.8 Å². The first-order valence-corrected chi connectivity index (χ1v) is 6.62. The van der Waals surface area contributed by atoms with Crippen molar-refractivity contribution in [2.75, 3.05) is 39.9 Å². The summed E-state index contributed by atoms with van der Waals surface area (Å²) in [6, 6.07) is -0.471. The number of likely N-dealkylation sites (tertiary alicyclic amines) is 1. The van der Waals surface area contributed by atoms with Crippen LogP contribution in [0.2, 0.25) is 0 Å². The zero-order valence-corrected chi connectivity index (χ0v) is 11.4. The molecule has 19 heavy (non-hydrogen) atoms. The lowest BCUT2D eigenvalue weighted by Crippen LogP contribution is -2.41. The van der Waals surface area contributed by atoms with Gasteiger partial charge < -0.3 is 20.1 Å². The number of rotatable bonds is 6. The van der Waals surface area contributed by atoms with Crippen molar-refractivity contribution in [3.05, 3.63) is 0 Å². The van der Waals surface area contributed by atoms with Gasteiger partial charge in [0.15, 0.2) is 0 Å². The predicted octanol–water partition coefficient (Wildman–Crippen LogP) is -0.695. The van der Waals surface area contributed by atoms with Gasteiger partial charge in [0.25, 0.3) is 0 Å². The van der Waals surface area contributed by atoms with Gasteiger partial charge >= 0.3 is 6.03 Å². The monoisotopic (exact) mass is 273 g/mol. The van der Waals surface area contributed by atoms with Crippen molar-refractivity contribution in [2.24, 2.45) is 0 Å². The fourth-order valence-corrected chi connectivity index (χ4v) is 2.03. The molecule has 1 aliphatic rings. The Kier molecular flexibility index (Phi) is 7.39. The first-order chi connectivity index (χ1) is 9.15. The van der Waals surface area contributed by atoms with Crippen molar-refractivity contribution in [3.8, 4) is 0 Å². The number of ether oxygens (including phenoxy) is 1. The van der Waals surface area contributed by atoms with Crippen LogP contribution < -0.4 is 10.6 Å². The summed E-state index contributed by atoms with van der Waals surface area (Å²) < 4.78 is 5.46. The number of aliphatic hydroxyl groups excluding tert-OH is 1. The van der Waals surface area contributed by atoms with E-state index in [1.165, 1.54) is 7.05 Å². The average Bonchev–Trinajstić information content (AvgIpc) is 2.43. The van der Waals surface area contributed by atoms with Crippen LogP contribution in [0.3, 0.4) is 0 Å². The maximum absolute atomic E-state index is 11.4. The van der Waals surface area contributed by atoms with Gasteiger partial charge in [0.05, 0.1) is 19.3 Å². The smallest absolute Gasteiger partial charge is 0.321 e. The fraction of sp³-hybridized carbons (Fsp3) is 0.833. The second kappa shape index (κ2) is 8.84. The minimum atomic E-state index is -0.471. The molecule has 3 amide bonds. The van der Waals surface area contributed by atoms with Gasteiger partial charge in [-0.2, -0.15) is 0 Å². The lowest BCUT2D eigenvalue weighted by atomic mass is 10.1. The summed E-state index contributed by atoms with van der Waals surface area (Å²) in [6.07, 6.45) is 2.35. The molecule has 0 bridgehead atoms. The van der Waals surface area contributed by atoms with Crippen LogP contribution in [0.4, 0.5) is 4.79 Å². The van der Waals surface area contributed by atoms with Crippen LogP contribution in [-0.2, 0) is 9.53 Å². The molecular weight excluding hydrogens is 250 g/mol. The molecule has 1 aliphatic heterocycles. The molecule has 110 valence electrons. The number of carbonyl (C=O) groups excluding carboxylic acids is 2. The third-order valence-corrected chi connectivity index (χ3v) is 3.11. The zero-order valence-electron chi connectivity index (χ0n) is 11.4. The SMILES string of the molecule is CNC(=O)NC(=O)CCN1CCC(OCCO)CC1. The lowest BCUT2D eigenvalue weighted by Gasteiger charge is -2.31. The number of amides is 3. The van der Waals surface area contributed by atoms with Crippen LogP contribution in [0.15, 0.2) is 0 Å². The summed E-state index contributed by atoms with van der Waals surface area (Å²) in [5, 5.41) is 13.2. The third-order valence-electron chi connectivity index (χ3n) is 3.11. The molecule has 1 heterocycles. The molecule has 0 aliphatic carbocycles. The topological polar surface area (TPSA) is 90.9 Å². The van der Waals surface area contributed by atoms with Crippen molar-refractivity contribution in [3.63, 3.8) is 0 Å². The summed E-state index contributed by atoms with van der Waals surface area (Å²) in [4.78, 5) is 24.5. The van der Waals surface area contributed by atoms with Gasteiger partial charge in [-0.1, -0.05) is 0 Å². The Morgan fingerprint density at radius 2 is 2.05 bits per heavy atom. The third kappa shape index (κ3) is 6.51. The molecule has 1 fully saturated rings. The lowest BCUT2D eigenvalue weighted by molar-refractivity contribution is -0.120. The first kappa shape index (κ1) is 15.9. The van der Waals surface area contributed by atoms with Gasteiger partial charge in [0.1, 0.15) is 0 Å². The summed E-state index contributed by atoms with van der Waals surface area (Å²) in [5.41, 5.74) is 0. The molecule has 3 N–H and O–H groups in total. The number of urea groups is 1. The van der Waals surface area contributed by atoms with Crippen molar-refractivity contribution in [1.82, 2.24) is 15.5 Å². The Labute approximate surface area is 113 Å². The molecule has 0 atom stereocenters. The molecule has 0 aromatic rings. The molecule has 1 rings (SSSR count). The number of hydrogen-bond donors (Lipinski definition) is 3. The fourth-order valence-electron chi connectivity index (χ4n) is 2.03. The molecule has 0 spiro atoms. The molecule has 0 saturated carbocycles. The maximum Gasteiger partial charge on any atom is 0.321 e. The van der Waals surface area contributed by atoms with E-state index in [-0.39, 0.29) is 18.6 Å². The molecule has 0 aromatic heterocycles. The summed E-state index contributed by atoms with van der Waals surface area (Å²) in [6.45, 7) is 2.85. The van der Waals surface area contributed by atoms with Crippen LogP contribution in [0, 0.1) is 0 Å². The minimum Gasteiger partial charge on any atom is -0.394 e. The average molecular weight is 273 g/mol. The first-order valence-electron chi connectivity index (χ1n) is 6.62. The van der Waals surface area contributed by atoms with E-state index in [0.717, 1.165) is 25.9 Å². The molecular formula is C12H23N3O4. The van der Waals surface area contributed by atoms with Gasteiger partial charge in [0, 0.05) is 33.1 Å². The van der Waals surface area contributed by atoms with Gasteiger partial charge in [-0.3, -0.25) is 10.1 Å². The maximum atomic E-state index is 11.4. The van der Waals surface area contributed by atoms with E-state index in [1.807, 2.05) is 0 Å². The van der Waals surface area contributed by atoms with Gasteiger partial charge in [-0.25, -0.2) is 4.79 Å². The van der Waals surface area contributed by atoms with E-state index in [9.17, 15) is 9.59 Å². The summed E-state index contributed by atoms with van der Waals surface area (Å²) in [5.74, 6) is -0.266. The van der Waals surface area contributed by atoms with E-state index in [0.29, 0.717) is 19.6 Å². The van der Waals surface area contributed by atoms with Crippen LogP contribution in [0.1, 0.15) is 19.3 Å². The second-order valence-electron chi connectivity index (χ2n) is 4.51. The number of imide groups is 1. The molecule has 7 nitrogen and oxygen atoms in total. The number of nitrogens with one attached hydrogen (secondary N) is 2. The minimum absolute atomic E-state index is 0.0554. The van der Waals surface area contributed by atoms with Crippen molar-refractivity contribution in [1.29, 1.82) is 0 Å². The van der Waals surface area contributed by atoms with Crippen LogP contribution in [0.5, 0.6) is 0 Å². The largest absolute Gasteiger partial charge is 0.394 e. The summed E-state index contributed by atoms with van der Waals surface area (Å²) >= 11 is 0. The highest BCUT2D eigenvalue weighted by Crippen LogP contribution is 2.13. The molecule has 0 aromatic carbocycles. The highest BCUT2D eigenvalue weighted by Gasteiger charge is 2.20. The van der Waals surface area contributed by atoms with E-state index >= 15 is 0 Å². The Bertz CT molecular complexity index is 291. The molecule has 1 saturated heterocycles. The highest BCUT2D eigenvalue weighted by atomic mass is 16.5. The summed E-state index contributed by atoms with van der Waals surface area (Å²) in [7, 11) is 1.47. The van der Waals surface area contributed by atoms with Gasteiger partial charge in [0.2, 0.25) is 5.91 Å². The van der Waals surface area contributed by atoms with Crippen LogP contribution in [0.25, 0.3) is 0 Å². The van der Waals surface area contributed by atoms with E-state index in [1.54, 1.807) is 0 Å². The number of nitrogens with zero attached hydrogens (tertiary/aromatic N) is 1. The highest BCUT2D eigenvalue weighted by molar-refractivity contribution is 5.94.